The highest BCUT2D eigenvalue weighted by Gasteiger charge is 2.16. The maximum atomic E-state index is 12.3. The number of halogens is 2. The molecule has 0 fully saturated rings. The van der Waals surface area contributed by atoms with E-state index in [2.05, 4.69) is 0 Å². The Kier molecular flexibility index (Phi) is 3.98. The smallest absolute Gasteiger partial charge is 0.194 e. The van der Waals surface area contributed by atoms with E-state index < -0.39 is 0 Å². The zero-order chi connectivity index (χ0) is 14.0. The Morgan fingerprint density at radius 2 is 1.74 bits per heavy atom. The van der Waals surface area contributed by atoms with Crippen molar-refractivity contribution in [3.8, 4) is 5.75 Å². The highest BCUT2D eigenvalue weighted by Crippen LogP contribution is 2.32. The summed E-state index contributed by atoms with van der Waals surface area (Å²) in [4.78, 5) is 12.3. The number of benzene rings is 2. The van der Waals surface area contributed by atoms with Crippen LogP contribution in [0.4, 0.5) is 5.69 Å². The van der Waals surface area contributed by atoms with E-state index in [0.717, 1.165) is 0 Å². The van der Waals surface area contributed by atoms with Crippen molar-refractivity contribution in [1.29, 1.82) is 0 Å². The second kappa shape index (κ2) is 5.51. The summed E-state index contributed by atoms with van der Waals surface area (Å²) in [6.45, 7) is 0. The summed E-state index contributed by atoms with van der Waals surface area (Å²) in [5.41, 5.74) is 7.00. The molecule has 2 rings (SSSR count). The maximum Gasteiger partial charge on any atom is 0.194 e. The molecule has 0 unspecified atom stereocenters. The molecule has 0 amide bonds. The summed E-state index contributed by atoms with van der Waals surface area (Å²) >= 11 is 12.1. The van der Waals surface area contributed by atoms with Crippen molar-refractivity contribution in [2.75, 3.05) is 12.8 Å². The standard InChI is InChI=1S/C14H11Cl2NO2/c1-19-13-7-11(15)10(6-12(13)16)14(18)8-2-4-9(17)5-3-8/h2-7H,17H2,1H3. The fraction of sp³-hybridized carbons (Fsp3) is 0.0714. The minimum Gasteiger partial charge on any atom is -0.495 e. The summed E-state index contributed by atoms with van der Waals surface area (Å²) in [5, 5.41) is 0.633. The van der Waals surface area contributed by atoms with Gasteiger partial charge < -0.3 is 10.5 Å². The third-order valence-electron chi connectivity index (χ3n) is 2.66. The molecule has 0 bridgehead atoms. The highest BCUT2D eigenvalue weighted by molar-refractivity contribution is 6.37. The lowest BCUT2D eigenvalue weighted by Crippen LogP contribution is -2.03. The van der Waals surface area contributed by atoms with Gasteiger partial charge in [0, 0.05) is 22.9 Å². The third kappa shape index (κ3) is 2.83. The molecule has 0 saturated heterocycles. The van der Waals surface area contributed by atoms with Gasteiger partial charge in [0.2, 0.25) is 0 Å². The van der Waals surface area contributed by atoms with Crippen LogP contribution in [0.5, 0.6) is 5.75 Å². The van der Waals surface area contributed by atoms with Crippen molar-refractivity contribution in [2.24, 2.45) is 0 Å². The molecule has 0 aliphatic heterocycles. The number of ether oxygens (including phenoxy) is 1. The van der Waals surface area contributed by atoms with E-state index in [1.165, 1.54) is 19.2 Å². The first-order valence-corrected chi connectivity index (χ1v) is 6.22. The van der Waals surface area contributed by atoms with Crippen molar-refractivity contribution in [1.82, 2.24) is 0 Å². The first-order chi connectivity index (χ1) is 9.02. The molecular formula is C14H11Cl2NO2. The Hall–Kier alpha value is -1.71. The maximum absolute atomic E-state index is 12.3. The molecule has 0 atom stereocenters. The van der Waals surface area contributed by atoms with Gasteiger partial charge in [0.25, 0.3) is 0 Å². The highest BCUT2D eigenvalue weighted by atomic mass is 35.5. The SMILES string of the molecule is COc1cc(Cl)c(C(=O)c2ccc(N)cc2)cc1Cl. The predicted octanol–water partition coefficient (Wildman–Crippen LogP) is 3.82. The molecule has 2 N–H and O–H groups in total. The number of rotatable bonds is 3. The lowest BCUT2D eigenvalue weighted by Gasteiger charge is -2.08. The minimum atomic E-state index is -0.213. The lowest BCUT2D eigenvalue weighted by molar-refractivity contribution is 0.103. The molecule has 98 valence electrons. The van der Waals surface area contributed by atoms with E-state index in [1.54, 1.807) is 24.3 Å². The Labute approximate surface area is 120 Å². The molecule has 2 aromatic rings. The summed E-state index contributed by atoms with van der Waals surface area (Å²) in [6, 6.07) is 9.63. The van der Waals surface area contributed by atoms with E-state index in [1.807, 2.05) is 0 Å². The number of carbonyl (C=O) groups excluding carboxylic acids is 1. The fourth-order valence-corrected chi connectivity index (χ4v) is 2.13. The van der Waals surface area contributed by atoms with Crippen LogP contribution in [0.1, 0.15) is 15.9 Å². The second-order valence-electron chi connectivity index (χ2n) is 3.92. The lowest BCUT2D eigenvalue weighted by atomic mass is 10.0. The van der Waals surface area contributed by atoms with Gasteiger partial charge in [0.05, 0.1) is 17.2 Å². The van der Waals surface area contributed by atoms with Crippen molar-refractivity contribution in [3.63, 3.8) is 0 Å². The summed E-state index contributed by atoms with van der Waals surface area (Å²) in [7, 11) is 1.49. The monoisotopic (exact) mass is 295 g/mol. The zero-order valence-corrected chi connectivity index (χ0v) is 11.6. The van der Waals surface area contributed by atoms with Gasteiger partial charge in [-0.15, -0.1) is 0 Å². The molecule has 0 saturated carbocycles. The molecule has 0 aliphatic carbocycles. The van der Waals surface area contributed by atoms with Crippen LogP contribution >= 0.6 is 23.2 Å². The number of nitrogen functional groups attached to an aromatic ring is 1. The Balaban J connectivity index is 2.44. The predicted molar refractivity (Wildman–Crippen MR) is 77.3 cm³/mol. The van der Waals surface area contributed by atoms with Crippen LogP contribution in [0.2, 0.25) is 10.0 Å². The molecule has 0 spiro atoms. The molecule has 2 aromatic carbocycles. The van der Waals surface area contributed by atoms with Crippen LogP contribution in [-0.2, 0) is 0 Å². The Morgan fingerprint density at radius 3 is 2.32 bits per heavy atom. The largest absolute Gasteiger partial charge is 0.495 e. The van der Waals surface area contributed by atoms with E-state index >= 15 is 0 Å². The first-order valence-electron chi connectivity index (χ1n) is 5.46. The summed E-state index contributed by atoms with van der Waals surface area (Å²) in [5.74, 6) is 0.218. The number of methoxy groups -OCH3 is 1. The zero-order valence-electron chi connectivity index (χ0n) is 10.1. The van der Waals surface area contributed by atoms with Crippen molar-refractivity contribution < 1.29 is 9.53 Å². The number of hydrogen-bond acceptors (Lipinski definition) is 3. The number of ketones is 1. The third-order valence-corrected chi connectivity index (χ3v) is 3.27. The van der Waals surface area contributed by atoms with Crippen LogP contribution in [0.3, 0.4) is 0 Å². The minimum absolute atomic E-state index is 0.213. The Morgan fingerprint density at radius 1 is 1.11 bits per heavy atom. The first kappa shape index (κ1) is 13.7. The van der Waals surface area contributed by atoms with Gasteiger partial charge in [-0.2, -0.15) is 0 Å². The van der Waals surface area contributed by atoms with Crippen LogP contribution in [0.25, 0.3) is 0 Å². The average Bonchev–Trinajstić information content (AvgIpc) is 2.41. The van der Waals surface area contributed by atoms with Gasteiger partial charge in [-0.3, -0.25) is 4.79 Å². The summed E-state index contributed by atoms with van der Waals surface area (Å²) in [6.07, 6.45) is 0. The normalized spacial score (nSPS) is 10.3. The number of carbonyl (C=O) groups is 1. The van der Waals surface area contributed by atoms with Gasteiger partial charge in [-0.25, -0.2) is 0 Å². The van der Waals surface area contributed by atoms with E-state index in [-0.39, 0.29) is 5.78 Å². The molecule has 0 heterocycles. The molecule has 0 aliphatic rings. The number of nitrogens with two attached hydrogens (primary N) is 1. The molecule has 0 aromatic heterocycles. The average molecular weight is 296 g/mol. The topological polar surface area (TPSA) is 52.3 Å². The molecular weight excluding hydrogens is 285 g/mol. The van der Waals surface area contributed by atoms with E-state index in [4.69, 9.17) is 33.7 Å². The molecule has 0 radical (unpaired) electrons. The van der Waals surface area contributed by atoms with Gasteiger partial charge in [-0.1, -0.05) is 23.2 Å². The van der Waals surface area contributed by atoms with Crippen LogP contribution < -0.4 is 10.5 Å². The second-order valence-corrected chi connectivity index (χ2v) is 4.73. The van der Waals surface area contributed by atoms with Gasteiger partial charge >= 0.3 is 0 Å². The molecule has 3 nitrogen and oxygen atoms in total. The van der Waals surface area contributed by atoms with Gasteiger partial charge in [0.15, 0.2) is 5.78 Å². The van der Waals surface area contributed by atoms with Crippen LogP contribution in [-0.4, -0.2) is 12.9 Å². The quantitative estimate of drug-likeness (QED) is 0.692. The van der Waals surface area contributed by atoms with E-state index in [0.29, 0.717) is 32.6 Å². The van der Waals surface area contributed by atoms with Crippen LogP contribution in [0.15, 0.2) is 36.4 Å². The molecule has 19 heavy (non-hydrogen) atoms. The summed E-state index contributed by atoms with van der Waals surface area (Å²) < 4.78 is 5.04. The van der Waals surface area contributed by atoms with Crippen molar-refractivity contribution in [3.05, 3.63) is 57.6 Å². The van der Waals surface area contributed by atoms with Crippen LogP contribution in [0, 0.1) is 0 Å². The van der Waals surface area contributed by atoms with Gasteiger partial charge in [0.1, 0.15) is 5.75 Å². The molecule has 5 heteroatoms. The Bertz CT molecular complexity index is 624. The number of hydrogen-bond donors (Lipinski definition) is 1. The van der Waals surface area contributed by atoms with Gasteiger partial charge in [-0.05, 0) is 30.3 Å². The van der Waals surface area contributed by atoms with Crippen molar-refractivity contribution >= 4 is 34.7 Å². The van der Waals surface area contributed by atoms with E-state index in [9.17, 15) is 4.79 Å². The number of anilines is 1. The fourth-order valence-electron chi connectivity index (χ4n) is 1.65. The van der Waals surface area contributed by atoms with Crippen molar-refractivity contribution in [2.45, 2.75) is 0 Å².